The van der Waals surface area contributed by atoms with Crippen molar-refractivity contribution in [2.24, 2.45) is 0 Å². The minimum absolute atomic E-state index is 0.0319. The zero-order valence-electron chi connectivity index (χ0n) is 14.0. The van der Waals surface area contributed by atoms with E-state index < -0.39 is 0 Å². The lowest BCUT2D eigenvalue weighted by atomic mass is 10.0. The van der Waals surface area contributed by atoms with Crippen LogP contribution in [0.2, 0.25) is 0 Å². The molecular weight excluding hydrogens is 303 g/mol. The maximum absolute atomic E-state index is 14.4. The van der Waals surface area contributed by atoms with Gasteiger partial charge in [0.15, 0.2) is 0 Å². The summed E-state index contributed by atoms with van der Waals surface area (Å²) < 4.78 is 14.4. The molecule has 1 N–H and O–H groups in total. The molecule has 4 heteroatoms. The molecule has 0 aromatic heterocycles. The lowest BCUT2D eigenvalue weighted by Crippen LogP contribution is -2.45. The third-order valence-electron chi connectivity index (χ3n) is 4.58. The van der Waals surface area contributed by atoms with Crippen LogP contribution in [0, 0.1) is 12.7 Å². The first-order valence-electron chi connectivity index (χ1n) is 8.45. The van der Waals surface area contributed by atoms with E-state index in [4.69, 9.17) is 0 Å². The highest BCUT2D eigenvalue weighted by Crippen LogP contribution is 2.19. The van der Waals surface area contributed by atoms with E-state index in [0.717, 1.165) is 18.5 Å². The second kappa shape index (κ2) is 7.58. The molecule has 1 unspecified atom stereocenters. The number of amides is 1. The van der Waals surface area contributed by atoms with Crippen LogP contribution in [-0.2, 0) is 17.8 Å². The highest BCUT2D eigenvalue weighted by molar-refractivity contribution is 5.82. The van der Waals surface area contributed by atoms with E-state index in [1.807, 2.05) is 42.5 Å². The van der Waals surface area contributed by atoms with E-state index in [-0.39, 0.29) is 17.8 Å². The molecule has 0 saturated carbocycles. The second-order valence-electron chi connectivity index (χ2n) is 6.37. The third kappa shape index (κ3) is 3.82. The van der Waals surface area contributed by atoms with Crippen molar-refractivity contribution in [3.63, 3.8) is 0 Å². The lowest BCUT2D eigenvalue weighted by molar-refractivity contribution is -0.125. The number of carbonyl (C=O) groups is 1. The molecule has 1 heterocycles. The SMILES string of the molecule is Cc1cccc(CN2CCCNC(=O)C2Cc2ccccc2)c1F. The Morgan fingerprint density at radius 3 is 2.75 bits per heavy atom. The largest absolute Gasteiger partial charge is 0.355 e. The van der Waals surface area contributed by atoms with Crippen LogP contribution in [0.15, 0.2) is 48.5 Å². The van der Waals surface area contributed by atoms with Crippen LogP contribution in [-0.4, -0.2) is 29.9 Å². The number of nitrogens with zero attached hydrogens (tertiary/aromatic N) is 1. The molecule has 0 radical (unpaired) electrons. The van der Waals surface area contributed by atoms with Crippen LogP contribution in [0.25, 0.3) is 0 Å². The minimum Gasteiger partial charge on any atom is -0.355 e. The van der Waals surface area contributed by atoms with Gasteiger partial charge in [-0.1, -0.05) is 48.5 Å². The van der Waals surface area contributed by atoms with E-state index in [0.29, 0.717) is 30.6 Å². The average molecular weight is 326 g/mol. The van der Waals surface area contributed by atoms with Crippen molar-refractivity contribution in [2.45, 2.75) is 32.4 Å². The molecule has 1 aliphatic heterocycles. The van der Waals surface area contributed by atoms with E-state index >= 15 is 0 Å². The second-order valence-corrected chi connectivity index (χ2v) is 6.37. The van der Waals surface area contributed by atoms with E-state index in [1.165, 1.54) is 0 Å². The highest BCUT2D eigenvalue weighted by Gasteiger charge is 2.28. The maximum atomic E-state index is 14.4. The molecule has 2 aromatic rings. The summed E-state index contributed by atoms with van der Waals surface area (Å²) >= 11 is 0. The Balaban J connectivity index is 1.84. The number of nitrogens with one attached hydrogen (secondary N) is 1. The summed E-state index contributed by atoms with van der Waals surface area (Å²) in [4.78, 5) is 14.6. The molecule has 3 nitrogen and oxygen atoms in total. The Hall–Kier alpha value is -2.20. The van der Waals surface area contributed by atoms with Gasteiger partial charge in [0.05, 0.1) is 6.04 Å². The molecule has 1 amide bonds. The molecule has 24 heavy (non-hydrogen) atoms. The number of aryl methyl sites for hydroxylation is 1. The fourth-order valence-corrected chi connectivity index (χ4v) is 3.23. The van der Waals surface area contributed by atoms with Gasteiger partial charge >= 0.3 is 0 Å². The van der Waals surface area contributed by atoms with Crippen LogP contribution in [0.5, 0.6) is 0 Å². The zero-order chi connectivity index (χ0) is 16.9. The van der Waals surface area contributed by atoms with E-state index in [2.05, 4.69) is 10.2 Å². The number of rotatable bonds is 4. The van der Waals surface area contributed by atoms with Crippen LogP contribution in [0.3, 0.4) is 0 Å². The predicted octanol–water partition coefficient (Wildman–Crippen LogP) is 3.07. The molecule has 1 aliphatic rings. The molecule has 3 rings (SSSR count). The van der Waals surface area contributed by atoms with Crippen molar-refractivity contribution in [1.29, 1.82) is 0 Å². The topological polar surface area (TPSA) is 32.3 Å². The van der Waals surface area contributed by atoms with Gasteiger partial charge in [0, 0.05) is 25.2 Å². The van der Waals surface area contributed by atoms with Crippen LogP contribution in [0.1, 0.15) is 23.1 Å². The molecule has 1 saturated heterocycles. The van der Waals surface area contributed by atoms with Crippen molar-refractivity contribution < 1.29 is 9.18 Å². The van der Waals surface area contributed by atoms with Gasteiger partial charge in [-0.3, -0.25) is 9.69 Å². The number of hydrogen-bond acceptors (Lipinski definition) is 2. The Bertz CT molecular complexity index is 702. The summed E-state index contributed by atoms with van der Waals surface area (Å²) in [6, 6.07) is 15.2. The first-order valence-corrected chi connectivity index (χ1v) is 8.45. The number of benzene rings is 2. The van der Waals surface area contributed by atoms with E-state index in [1.54, 1.807) is 13.0 Å². The third-order valence-corrected chi connectivity index (χ3v) is 4.58. The van der Waals surface area contributed by atoms with Gasteiger partial charge in [-0.15, -0.1) is 0 Å². The van der Waals surface area contributed by atoms with Crippen molar-refractivity contribution in [1.82, 2.24) is 10.2 Å². The molecule has 0 spiro atoms. The van der Waals surface area contributed by atoms with Crippen molar-refractivity contribution in [2.75, 3.05) is 13.1 Å². The van der Waals surface area contributed by atoms with Crippen LogP contribution >= 0.6 is 0 Å². The summed E-state index contributed by atoms with van der Waals surface area (Å²) in [5, 5.41) is 2.98. The summed E-state index contributed by atoms with van der Waals surface area (Å²) in [6.07, 6.45) is 1.52. The molecule has 2 aromatic carbocycles. The highest BCUT2D eigenvalue weighted by atomic mass is 19.1. The predicted molar refractivity (Wildman–Crippen MR) is 93.1 cm³/mol. The van der Waals surface area contributed by atoms with Gasteiger partial charge in [-0.05, 0) is 30.9 Å². The zero-order valence-corrected chi connectivity index (χ0v) is 14.0. The fourth-order valence-electron chi connectivity index (χ4n) is 3.23. The summed E-state index contributed by atoms with van der Waals surface area (Å²) in [5.74, 6) is -0.134. The monoisotopic (exact) mass is 326 g/mol. The normalized spacial score (nSPS) is 18.9. The first-order chi connectivity index (χ1) is 11.6. The van der Waals surface area contributed by atoms with Gasteiger partial charge in [0.25, 0.3) is 0 Å². The Morgan fingerprint density at radius 1 is 1.17 bits per heavy atom. The number of halogens is 1. The first kappa shape index (κ1) is 16.7. The molecule has 0 aliphatic carbocycles. The van der Waals surface area contributed by atoms with Gasteiger partial charge in [-0.25, -0.2) is 4.39 Å². The van der Waals surface area contributed by atoms with E-state index in [9.17, 15) is 9.18 Å². The maximum Gasteiger partial charge on any atom is 0.237 e. The van der Waals surface area contributed by atoms with Crippen molar-refractivity contribution in [3.8, 4) is 0 Å². The lowest BCUT2D eigenvalue weighted by Gasteiger charge is -2.28. The summed E-state index contributed by atoms with van der Waals surface area (Å²) in [7, 11) is 0. The number of hydrogen-bond donors (Lipinski definition) is 1. The van der Waals surface area contributed by atoms with Crippen molar-refractivity contribution >= 4 is 5.91 Å². The minimum atomic E-state index is -0.269. The Morgan fingerprint density at radius 2 is 1.96 bits per heavy atom. The number of carbonyl (C=O) groups excluding carboxylic acids is 1. The molecule has 126 valence electrons. The standard InChI is InChI=1S/C20H23FN2O/c1-15-7-5-10-17(19(15)21)14-23-12-6-11-22-20(24)18(23)13-16-8-3-2-4-9-16/h2-5,7-10,18H,6,11-14H2,1H3,(H,22,24). The Labute approximate surface area is 142 Å². The molecule has 1 fully saturated rings. The Kier molecular flexibility index (Phi) is 5.26. The van der Waals surface area contributed by atoms with Gasteiger partial charge in [0.1, 0.15) is 5.82 Å². The van der Waals surface area contributed by atoms with Crippen molar-refractivity contribution in [3.05, 3.63) is 71.0 Å². The molecular formula is C20H23FN2O. The average Bonchev–Trinajstić information content (AvgIpc) is 2.76. The van der Waals surface area contributed by atoms with Gasteiger partial charge < -0.3 is 5.32 Å². The summed E-state index contributed by atoms with van der Waals surface area (Å²) in [5.41, 5.74) is 2.42. The van der Waals surface area contributed by atoms with Gasteiger partial charge in [-0.2, -0.15) is 0 Å². The smallest absolute Gasteiger partial charge is 0.237 e. The summed E-state index contributed by atoms with van der Waals surface area (Å²) in [6.45, 7) is 3.69. The molecule has 0 bridgehead atoms. The van der Waals surface area contributed by atoms with Gasteiger partial charge in [0.2, 0.25) is 5.91 Å². The van der Waals surface area contributed by atoms with Crippen LogP contribution in [0.4, 0.5) is 4.39 Å². The molecule has 1 atom stereocenters. The van der Waals surface area contributed by atoms with Crippen LogP contribution < -0.4 is 5.32 Å². The quantitative estimate of drug-likeness (QED) is 0.936. The fraction of sp³-hybridized carbons (Fsp3) is 0.350.